The van der Waals surface area contributed by atoms with Gasteiger partial charge in [0.25, 0.3) is 15.9 Å². The molecule has 2 unspecified atom stereocenters. The SMILES string of the molecule is CC1CCN(C(=O)C2=CN3CCS(=O)(=O)N=C3C=C2)C(CN)C1. The molecule has 1 fully saturated rings. The van der Waals surface area contributed by atoms with E-state index in [1.54, 1.807) is 23.3 Å². The first-order valence-electron chi connectivity index (χ1n) is 7.90. The maximum atomic E-state index is 12.8. The van der Waals surface area contributed by atoms with Gasteiger partial charge in [-0.05, 0) is 30.9 Å². The molecule has 0 spiro atoms. The topological polar surface area (TPSA) is 96.1 Å². The number of nitrogens with two attached hydrogens (primary N) is 1. The van der Waals surface area contributed by atoms with Crippen molar-refractivity contribution in [3.63, 3.8) is 0 Å². The molecule has 23 heavy (non-hydrogen) atoms. The van der Waals surface area contributed by atoms with E-state index >= 15 is 0 Å². The molecule has 0 aromatic heterocycles. The number of likely N-dealkylation sites (tertiary alicyclic amines) is 1. The molecule has 3 heterocycles. The van der Waals surface area contributed by atoms with Gasteiger partial charge >= 0.3 is 0 Å². The number of nitrogens with zero attached hydrogens (tertiary/aromatic N) is 3. The first-order valence-corrected chi connectivity index (χ1v) is 9.51. The zero-order chi connectivity index (χ0) is 16.6. The van der Waals surface area contributed by atoms with Crippen molar-refractivity contribution in [1.82, 2.24) is 9.80 Å². The van der Waals surface area contributed by atoms with Crippen LogP contribution < -0.4 is 5.73 Å². The summed E-state index contributed by atoms with van der Waals surface area (Å²) in [6.45, 7) is 3.67. The summed E-state index contributed by atoms with van der Waals surface area (Å²) in [4.78, 5) is 16.4. The van der Waals surface area contributed by atoms with Gasteiger partial charge in [0.1, 0.15) is 5.84 Å². The Labute approximate surface area is 136 Å². The van der Waals surface area contributed by atoms with Gasteiger partial charge < -0.3 is 15.5 Å². The number of amides is 1. The third-order valence-electron chi connectivity index (χ3n) is 4.58. The van der Waals surface area contributed by atoms with Gasteiger partial charge in [0, 0.05) is 31.9 Å². The number of hydrogen-bond donors (Lipinski definition) is 1. The highest BCUT2D eigenvalue weighted by molar-refractivity contribution is 7.90. The van der Waals surface area contributed by atoms with Crippen molar-refractivity contribution in [1.29, 1.82) is 0 Å². The third-order valence-corrected chi connectivity index (χ3v) is 5.75. The van der Waals surface area contributed by atoms with Crippen molar-refractivity contribution >= 4 is 21.8 Å². The van der Waals surface area contributed by atoms with Crippen molar-refractivity contribution in [3.05, 3.63) is 23.9 Å². The smallest absolute Gasteiger partial charge is 0.256 e. The molecule has 1 amide bonds. The highest BCUT2D eigenvalue weighted by Gasteiger charge is 2.32. The van der Waals surface area contributed by atoms with Crippen LogP contribution in [0.1, 0.15) is 19.8 Å². The van der Waals surface area contributed by atoms with Crippen molar-refractivity contribution in [2.24, 2.45) is 16.0 Å². The Morgan fingerprint density at radius 3 is 2.91 bits per heavy atom. The summed E-state index contributed by atoms with van der Waals surface area (Å²) in [6, 6.07) is 0.0670. The molecule has 3 aliphatic heterocycles. The maximum absolute atomic E-state index is 12.8. The number of rotatable bonds is 2. The van der Waals surface area contributed by atoms with Crippen molar-refractivity contribution in [3.8, 4) is 0 Å². The Balaban J connectivity index is 1.79. The van der Waals surface area contributed by atoms with Crippen LogP contribution >= 0.6 is 0 Å². The van der Waals surface area contributed by atoms with Gasteiger partial charge in [0.05, 0.1) is 11.3 Å². The molecule has 0 radical (unpaired) electrons. The first kappa shape index (κ1) is 16.2. The van der Waals surface area contributed by atoms with Gasteiger partial charge in [-0.3, -0.25) is 4.79 Å². The fraction of sp³-hybridized carbons (Fsp3) is 0.600. The fourth-order valence-corrected chi connectivity index (χ4v) is 4.21. The van der Waals surface area contributed by atoms with Gasteiger partial charge in [-0.15, -0.1) is 4.40 Å². The number of carbonyl (C=O) groups is 1. The molecule has 2 atom stereocenters. The van der Waals surface area contributed by atoms with E-state index in [0.29, 0.717) is 37.0 Å². The van der Waals surface area contributed by atoms with Gasteiger partial charge in [-0.2, -0.15) is 0 Å². The number of hydrogen-bond acceptors (Lipinski definition) is 5. The van der Waals surface area contributed by atoms with Crippen LogP contribution in [-0.4, -0.2) is 61.4 Å². The lowest BCUT2D eigenvalue weighted by atomic mass is 9.91. The molecule has 1 saturated heterocycles. The second kappa shape index (κ2) is 6.09. The molecule has 0 saturated carbocycles. The van der Waals surface area contributed by atoms with Crippen LogP contribution in [-0.2, 0) is 14.8 Å². The Morgan fingerprint density at radius 2 is 2.17 bits per heavy atom. The van der Waals surface area contributed by atoms with Crippen LogP contribution in [0.15, 0.2) is 28.3 Å². The van der Waals surface area contributed by atoms with Crippen molar-refractivity contribution in [2.75, 3.05) is 25.4 Å². The lowest BCUT2D eigenvalue weighted by molar-refractivity contribution is -0.130. The predicted molar refractivity (Wildman–Crippen MR) is 88.1 cm³/mol. The number of fused-ring (bicyclic) bond motifs is 1. The minimum atomic E-state index is -3.38. The van der Waals surface area contributed by atoms with E-state index in [1.165, 1.54) is 0 Å². The minimum Gasteiger partial charge on any atom is -0.334 e. The normalized spacial score (nSPS) is 29.7. The van der Waals surface area contributed by atoms with Crippen molar-refractivity contribution in [2.45, 2.75) is 25.8 Å². The van der Waals surface area contributed by atoms with E-state index in [-0.39, 0.29) is 17.7 Å². The van der Waals surface area contributed by atoms with Crippen LogP contribution in [0.5, 0.6) is 0 Å². The molecule has 0 bridgehead atoms. The molecular weight excluding hydrogens is 316 g/mol. The van der Waals surface area contributed by atoms with E-state index in [0.717, 1.165) is 12.8 Å². The standard InChI is InChI=1S/C15H22N4O3S/c1-11-4-5-19(13(8-11)9-16)15(20)12-2-3-14-17-23(21,22)7-6-18(14)10-12/h2-3,10-11,13H,4-9,16H2,1H3. The number of sulfonamides is 1. The molecule has 0 aliphatic carbocycles. The van der Waals surface area contributed by atoms with Gasteiger partial charge in [0.2, 0.25) is 0 Å². The Morgan fingerprint density at radius 1 is 1.39 bits per heavy atom. The quantitative estimate of drug-likeness (QED) is 0.769. The van der Waals surface area contributed by atoms with Gasteiger partial charge in [-0.25, -0.2) is 8.42 Å². The zero-order valence-electron chi connectivity index (χ0n) is 13.2. The van der Waals surface area contributed by atoms with E-state index in [1.807, 2.05) is 4.90 Å². The summed E-state index contributed by atoms with van der Waals surface area (Å²) in [7, 11) is -3.38. The Hall–Kier alpha value is -1.67. The van der Waals surface area contributed by atoms with Crippen LogP contribution in [0.3, 0.4) is 0 Å². The highest BCUT2D eigenvalue weighted by atomic mass is 32.2. The van der Waals surface area contributed by atoms with E-state index < -0.39 is 10.0 Å². The first-order chi connectivity index (χ1) is 10.9. The lowest BCUT2D eigenvalue weighted by Crippen LogP contribution is -2.50. The highest BCUT2D eigenvalue weighted by Crippen LogP contribution is 2.25. The second-order valence-corrected chi connectivity index (χ2v) is 8.12. The van der Waals surface area contributed by atoms with Crippen LogP contribution in [0.4, 0.5) is 0 Å². The summed E-state index contributed by atoms with van der Waals surface area (Å²) in [5.74, 6) is 0.871. The van der Waals surface area contributed by atoms with E-state index in [9.17, 15) is 13.2 Å². The third kappa shape index (κ3) is 3.32. The lowest BCUT2D eigenvalue weighted by Gasteiger charge is -2.38. The molecule has 8 heteroatoms. The molecule has 3 rings (SSSR count). The second-order valence-electron chi connectivity index (χ2n) is 6.36. The summed E-state index contributed by atoms with van der Waals surface area (Å²) >= 11 is 0. The number of piperidine rings is 1. The maximum Gasteiger partial charge on any atom is 0.256 e. The van der Waals surface area contributed by atoms with E-state index in [4.69, 9.17) is 5.73 Å². The summed E-state index contributed by atoms with van der Waals surface area (Å²) in [6.07, 6.45) is 6.83. The zero-order valence-corrected chi connectivity index (χ0v) is 14.0. The molecular formula is C15H22N4O3S. The number of carbonyl (C=O) groups excluding carboxylic acids is 1. The summed E-state index contributed by atoms with van der Waals surface area (Å²) in [5, 5.41) is 0. The van der Waals surface area contributed by atoms with Crippen LogP contribution in [0.2, 0.25) is 0 Å². The largest absolute Gasteiger partial charge is 0.334 e. The Kier molecular flexibility index (Phi) is 4.29. The van der Waals surface area contributed by atoms with Crippen LogP contribution in [0.25, 0.3) is 0 Å². The molecule has 7 nitrogen and oxygen atoms in total. The molecule has 0 aromatic rings. The number of amidine groups is 1. The molecule has 126 valence electrons. The van der Waals surface area contributed by atoms with E-state index in [2.05, 4.69) is 11.3 Å². The average molecular weight is 338 g/mol. The van der Waals surface area contributed by atoms with Crippen LogP contribution in [0, 0.1) is 5.92 Å². The minimum absolute atomic E-state index is 0.0328. The molecule has 0 aromatic carbocycles. The van der Waals surface area contributed by atoms with Crippen molar-refractivity contribution < 1.29 is 13.2 Å². The van der Waals surface area contributed by atoms with Gasteiger partial charge in [-0.1, -0.05) is 6.92 Å². The molecule has 2 N–H and O–H groups in total. The summed E-state index contributed by atoms with van der Waals surface area (Å²) in [5.41, 5.74) is 6.38. The fourth-order valence-electron chi connectivity index (χ4n) is 3.24. The summed E-state index contributed by atoms with van der Waals surface area (Å²) < 4.78 is 26.8. The monoisotopic (exact) mass is 338 g/mol. The molecule has 3 aliphatic rings. The predicted octanol–water partition coefficient (Wildman–Crippen LogP) is 0.0698. The van der Waals surface area contributed by atoms with Gasteiger partial charge in [0.15, 0.2) is 0 Å². The Bertz CT molecular complexity index is 696. The average Bonchev–Trinajstić information content (AvgIpc) is 2.52.